The molecular weight excluding hydrogens is 239 g/mol. The molecule has 0 N–H and O–H groups in total. The Bertz CT molecular complexity index is 359. The molecule has 0 saturated carbocycles. The minimum absolute atomic E-state index is 0.254. The van der Waals surface area contributed by atoms with Crippen LogP contribution < -0.4 is 5.30 Å². The van der Waals surface area contributed by atoms with E-state index in [9.17, 15) is 9.59 Å². The number of hydrogen-bond acceptors (Lipinski definition) is 4. The van der Waals surface area contributed by atoms with Crippen molar-refractivity contribution in [1.29, 1.82) is 0 Å². The molecule has 0 atom stereocenters. The Kier molecular flexibility index (Phi) is 5.64. The summed E-state index contributed by atoms with van der Waals surface area (Å²) in [6, 6.07) is 8.86. The highest BCUT2D eigenvalue weighted by Crippen LogP contribution is 2.38. The molecule has 0 spiro atoms. The largest absolute Gasteiger partial charge is 0.462 e. The van der Waals surface area contributed by atoms with Gasteiger partial charge in [0.25, 0.3) is 0 Å². The van der Waals surface area contributed by atoms with Crippen LogP contribution >= 0.6 is 7.92 Å². The highest BCUT2D eigenvalue weighted by molar-refractivity contribution is 7.94. The third-order valence-electron chi connectivity index (χ3n) is 1.92. The molecule has 4 nitrogen and oxygen atoms in total. The molecule has 0 unspecified atom stereocenters. The molecule has 0 bridgehead atoms. The van der Waals surface area contributed by atoms with Gasteiger partial charge in [0.2, 0.25) is 0 Å². The zero-order chi connectivity index (χ0) is 12.7. The maximum atomic E-state index is 11.8. The van der Waals surface area contributed by atoms with E-state index in [1.165, 1.54) is 0 Å². The predicted octanol–water partition coefficient (Wildman–Crippen LogP) is 3.11. The van der Waals surface area contributed by atoms with Crippen LogP contribution in [0.3, 0.4) is 0 Å². The summed E-state index contributed by atoms with van der Waals surface area (Å²) in [6.45, 7) is 3.93. The van der Waals surface area contributed by atoms with Crippen LogP contribution in [0.2, 0.25) is 0 Å². The summed E-state index contributed by atoms with van der Waals surface area (Å²) in [4.78, 5) is 23.5. The summed E-state index contributed by atoms with van der Waals surface area (Å²) < 4.78 is 9.83. The van der Waals surface area contributed by atoms with Crippen LogP contribution in [0.1, 0.15) is 13.8 Å². The molecule has 1 aromatic carbocycles. The molecule has 0 aliphatic heterocycles. The zero-order valence-corrected chi connectivity index (χ0v) is 10.8. The van der Waals surface area contributed by atoms with Gasteiger partial charge in [-0.25, -0.2) is 9.59 Å². The zero-order valence-electron chi connectivity index (χ0n) is 9.88. The van der Waals surface area contributed by atoms with Gasteiger partial charge in [0.05, 0.1) is 13.2 Å². The summed E-state index contributed by atoms with van der Waals surface area (Å²) in [5, 5.41) is 0.652. The number of rotatable bonds is 5. The highest BCUT2D eigenvalue weighted by Gasteiger charge is 2.31. The minimum Gasteiger partial charge on any atom is -0.462 e. The lowest BCUT2D eigenvalue weighted by atomic mass is 10.4. The Morgan fingerprint density at radius 1 is 1.00 bits per heavy atom. The second kappa shape index (κ2) is 7.02. The SMILES string of the molecule is CCOC(=O)P(C(=O)OCC)c1ccccc1. The van der Waals surface area contributed by atoms with Gasteiger partial charge in [-0.15, -0.1) is 0 Å². The van der Waals surface area contributed by atoms with E-state index in [2.05, 4.69) is 0 Å². The van der Waals surface area contributed by atoms with E-state index >= 15 is 0 Å². The van der Waals surface area contributed by atoms with E-state index in [0.717, 1.165) is 0 Å². The van der Waals surface area contributed by atoms with Crippen molar-refractivity contribution in [2.24, 2.45) is 0 Å². The standard InChI is InChI=1S/C12H15O4P/c1-3-15-11(13)17(12(14)16-4-2)10-8-6-5-7-9-10/h5-9H,3-4H2,1-2H3. The molecule has 92 valence electrons. The Morgan fingerprint density at radius 2 is 1.47 bits per heavy atom. The quantitative estimate of drug-likeness (QED) is 0.757. The molecule has 1 rings (SSSR count). The summed E-state index contributed by atoms with van der Waals surface area (Å²) in [5.41, 5.74) is -1.01. The van der Waals surface area contributed by atoms with Gasteiger partial charge < -0.3 is 9.47 Å². The fourth-order valence-corrected chi connectivity index (χ4v) is 2.80. The van der Waals surface area contributed by atoms with Gasteiger partial charge in [0, 0.05) is 0 Å². The number of hydrogen-bond donors (Lipinski definition) is 0. The minimum atomic E-state index is -1.71. The van der Waals surface area contributed by atoms with Crippen molar-refractivity contribution in [1.82, 2.24) is 0 Å². The van der Waals surface area contributed by atoms with Crippen molar-refractivity contribution in [2.75, 3.05) is 13.2 Å². The van der Waals surface area contributed by atoms with Gasteiger partial charge in [0.1, 0.15) is 0 Å². The van der Waals surface area contributed by atoms with Crippen molar-refractivity contribution in [3.05, 3.63) is 30.3 Å². The van der Waals surface area contributed by atoms with Crippen LogP contribution in [0, 0.1) is 0 Å². The maximum Gasteiger partial charge on any atom is 0.342 e. The third-order valence-corrected chi connectivity index (χ3v) is 3.72. The molecule has 0 saturated heterocycles. The van der Waals surface area contributed by atoms with Gasteiger partial charge in [-0.3, -0.25) is 0 Å². The molecule has 1 aromatic rings. The number of carbonyl (C=O) groups excluding carboxylic acids is 2. The molecule has 0 aromatic heterocycles. The Labute approximate surface area is 102 Å². The fourth-order valence-electron chi connectivity index (χ4n) is 1.24. The summed E-state index contributed by atoms with van der Waals surface area (Å²) in [5.74, 6) is 0. The van der Waals surface area contributed by atoms with E-state index in [1.807, 2.05) is 6.07 Å². The maximum absolute atomic E-state index is 11.8. The van der Waals surface area contributed by atoms with Gasteiger partial charge in [0.15, 0.2) is 7.92 Å². The molecule has 5 heteroatoms. The third kappa shape index (κ3) is 3.82. The van der Waals surface area contributed by atoms with Gasteiger partial charge >= 0.3 is 11.4 Å². The van der Waals surface area contributed by atoms with Crippen LogP contribution in [0.15, 0.2) is 30.3 Å². The number of carbonyl (C=O) groups is 2. The normalized spacial score (nSPS) is 10.1. The number of ether oxygens (including phenoxy) is 2. The monoisotopic (exact) mass is 254 g/mol. The molecule has 0 radical (unpaired) electrons. The Hall–Kier alpha value is -1.41. The van der Waals surface area contributed by atoms with E-state index in [0.29, 0.717) is 5.30 Å². The summed E-state index contributed by atoms with van der Waals surface area (Å²) in [7, 11) is -1.71. The summed E-state index contributed by atoms with van der Waals surface area (Å²) >= 11 is 0. The highest BCUT2D eigenvalue weighted by atomic mass is 31.1. The van der Waals surface area contributed by atoms with Crippen LogP contribution in [0.4, 0.5) is 9.59 Å². The van der Waals surface area contributed by atoms with E-state index in [4.69, 9.17) is 9.47 Å². The molecule has 0 fully saturated rings. The second-order valence-electron chi connectivity index (χ2n) is 3.07. The first kappa shape index (κ1) is 13.7. The smallest absolute Gasteiger partial charge is 0.342 e. The van der Waals surface area contributed by atoms with Crippen molar-refractivity contribution < 1.29 is 19.1 Å². The first-order valence-corrected chi connectivity index (χ1v) is 6.73. The fraction of sp³-hybridized carbons (Fsp3) is 0.333. The van der Waals surface area contributed by atoms with E-state index < -0.39 is 19.3 Å². The lowest BCUT2D eigenvalue weighted by Crippen LogP contribution is -2.17. The summed E-state index contributed by atoms with van der Waals surface area (Å²) in [6.07, 6.45) is 0. The second-order valence-corrected chi connectivity index (χ2v) is 4.99. The average Bonchev–Trinajstić information content (AvgIpc) is 2.31. The molecule has 0 amide bonds. The Morgan fingerprint density at radius 3 is 1.88 bits per heavy atom. The van der Waals surface area contributed by atoms with Crippen LogP contribution in [0.5, 0.6) is 0 Å². The van der Waals surface area contributed by atoms with Crippen LogP contribution in [0.25, 0.3) is 0 Å². The van der Waals surface area contributed by atoms with Crippen molar-refractivity contribution >= 4 is 24.6 Å². The first-order valence-electron chi connectivity index (χ1n) is 5.39. The predicted molar refractivity (Wildman–Crippen MR) is 67.0 cm³/mol. The van der Waals surface area contributed by atoms with Crippen molar-refractivity contribution in [3.63, 3.8) is 0 Å². The lowest BCUT2D eigenvalue weighted by Gasteiger charge is -2.14. The molecule has 0 heterocycles. The molecule has 0 aliphatic carbocycles. The van der Waals surface area contributed by atoms with Crippen LogP contribution in [-0.4, -0.2) is 24.6 Å². The number of benzene rings is 1. The molecule has 0 aliphatic rings. The van der Waals surface area contributed by atoms with Crippen molar-refractivity contribution in [2.45, 2.75) is 13.8 Å². The van der Waals surface area contributed by atoms with Gasteiger partial charge in [-0.1, -0.05) is 30.3 Å². The average molecular weight is 254 g/mol. The van der Waals surface area contributed by atoms with Crippen molar-refractivity contribution in [3.8, 4) is 0 Å². The van der Waals surface area contributed by atoms with Crippen LogP contribution in [-0.2, 0) is 9.47 Å². The Balaban J connectivity index is 2.94. The van der Waals surface area contributed by atoms with Gasteiger partial charge in [-0.05, 0) is 19.2 Å². The van der Waals surface area contributed by atoms with Gasteiger partial charge in [-0.2, -0.15) is 0 Å². The van der Waals surface area contributed by atoms with E-state index in [-0.39, 0.29) is 13.2 Å². The molecule has 17 heavy (non-hydrogen) atoms. The topological polar surface area (TPSA) is 52.6 Å². The lowest BCUT2D eigenvalue weighted by molar-refractivity contribution is 0.173. The molecular formula is C12H15O4P. The van der Waals surface area contributed by atoms with E-state index in [1.54, 1.807) is 38.1 Å². The first-order chi connectivity index (χ1) is 8.20.